The predicted octanol–water partition coefficient (Wildman–Crippen LogP) is 5.73. The number of hydrogen-bond donors (Lipinski definition) is 0. The van der Waals surface area contributed by atoms with Gasteiger partial charge in [0, 0.05) is 19.1 Å². The second-order valence-electron chi connectivity index (χ2n) is 7.61. The lowest BCUT2D eigenvalue weighted by molar-refractivity contribution is -0.277. The van der Waals surface area contributed by atoms with E-state index >= 15 is 0 Å². The summed E-state index contributed by atoms with van der Waals surface area (Å²) in [4.78, 5) is 0. The summed E-state index contributed by atoms with van der Waals surface area (Å²) >= 11 is 0. The maximum absolute atomic E-state index is 6.33. The lowest BCUT2D eigenvalue weighted by Gasteiger charge is -2.40. The van der Waals surface area contributed by atoms with E-state index < -0.39 is 5.79 Å². The second-order valence-corrected chi connectivity index (χ2v) is 7.61. The van der Waals surface area contributed by atoms with Gasteiger partial charge in [-0.2, -0.15) is 0 Å². The Morgan fingerprint density at radius 3 is 2.04 bits per heavy atom. The first-order valence-electron chi connectivity index (χ1n) is 11.2. The molecule has 0 aromatic rings. The average Bonchev–Trinajstić information content (AvgIpc) is 3.48. The summed E-state index contributed by atoms with van der Waals surface area (Å²) in [6.07, 6.45) is 12.2. The fourth-order valence-corrected chi connectivity index (χ4v) is 3.43. The van der Waals surface area contributed by atoms with E-state index in [4.69, 9.17) is 18.9 Å². The van der Waals surface area contributed by atoms with Crippen LogP contribution in [0.25, 0.3) is 0 Å². The van der Waals surface area contributed by atoms with Crippen LogP contribution in [0.2, 0.25) is 0 Å². The van der Waals surface area contributed by atoms with Crippen LogP contribution in [0.4, 0.5) is 0 Å². The van der Waals surface area contributed by atoms with Crippen LogP contribution in [-0.2, 0) is 18.9 Å². The van der Waals surface area contributed by atoms with Gasteiger partial charge in [0.1, 0.15) is 6.10 Å². The van der Waals surface area contributed by atoms with Crippen LogP contribution in [-0.4, -0.2) is 44.9 Å². The molecule has 0 radical (unpaired) electrons. The molecule has 0 spiro atoms. The Kier molecular flexibility index (Phi) is 13.6. The van der Waals surface area contributed by atoms with Gasteiger partial charge in [-0.1, -0.05) is 66.2 Å². The van der Waals surface area contributed by atoms with Gasteiger partial charge in [0.05, 0.1) is 19.8 Å². The average molecular weight is 373 g/mol. The summed E-state index contributed by atoms with van der Waals surface area (Å²) in [6, 6.07) is 0. The van der Waals surface area contributed by atoms with E-state index in [0.717, 1.165) is 45.5 Å². The maximum atomic E-state index is 6.33. The predicted molar refractivity (Wildman–Crippen MR) is 108 cm³/mol. The van der Waals surface area contributed by atoms with Crippen LogP contribution >= 0.6 is 0 Å². The van der Waals surface area contributed by atoms with Crippen molar-refractivity contribution < 1.29 is 18.9 Å². The van der Waals surface area contributed by atoms with Crippen molar-refractivity contribution in [3.8, 4) is 0 Å². The number of unbranched alkanes of at least 4 members (excludes halogenated alkanes) is 5. The van der Waals surface area contributed by atoms with Crippen LogP contribution in [0.15, 0.2) is 0 Å². The molecule has 1 heterocycles. The van der Waals surface area contributed by atoms with Crippen LogP contribution in [0.5, 0.6) is 0 Å². The van der Waals surface area contributed by atoms with Crippen molar-refractivity contribution in [3.63, 3.8) is 0 Å². The van der Waals surface area contributed by atoms with E-state index in [0.29, 0.717) is 19.3 Å². The first kappa shape index (κ1) is 23.9. The molecule has 0 aromatic carbocycles. The summed E-state index contributed by atoms with van der Waals surface area (Å²) in [6.45, 7) is 12.5. The highest BCUT2D eigenvalue weighted by atomic mass is 16.7. The SMILES string of the molecule is CCCCCCCCC(COCC1CO1)C(CC)(OCCC)OCCC. The van der Waals surface area contributed by atoms with Crippen molar-refractivity contribution in [2.24, 2.45) is 5.92 Å². The third kappa shape index (κ3) is 9.68. The Morgan fingerprint density at radius 2 is 1.50 bits per heavy atom. The molecule has 1 aliphatic rings. The largest absolute Gasteiger partial charge is 0.378 e. The van der Waals surface area contributed by atoms with Gasteiger partial charge in [0.25, 0.3) is 0 Å². The van der Waals surface area contributed by atoms with Gasteiger partial charge in [-0.15, -0.1) is 0 Å². The van der Waals surface area contributed by atoms with Gasteiger partial charge in [0.2, 0.25) is 0 Å². The van der Waals surface area contributed by atoms with Crippen molar-refractivity contribution >= 4 is 0 Å². The molecule has 1 rings (SSSR count). The third-order valence-electron chi connectivity index (χ3n) is 5.15. The molecule has 4 heteroatoms. The second kappa shape index (κ2) is 14.8. The summed E-state index contributed by atoms with van der Waals surface area (Å²) in [5.41, 5.74) is 0. The Hall–Kier alpha value is -0.160. The number of epoxide rings is 1. The molecule has 1 saturated heterocycles. The molecule has 4 nitrogen and oxygen atoms in total. The Bertz CT molecular complexity index is 309. The number of hydrogen-bond acceptors (Lipinski definition) is 4. The van der Waals surface area contributed by atoms with Crippen molar-refractivity contribution in [1.82, 2.24) is 0 Å². The molecule has 1 fully saturated rings. The van der Waals surface area contributed by atoms with E-state index in [1.165, 1.54) is 38.5 Å². The van der Waals surface area contributed by atoms with Crippen LogP contribution in [0.1, 0.15) is 91.9 Å². The maximum Gasteiger partial charge on any atom is 0.172 e. The molecule has 0 saturated carbocycles. The van der Waals surface area contributed by atoms with Crippen LogP contribution in [0.3, 0.4) is 0 Å². The van der Waals surface area contributed by atoms with Crippen molar-refractivity contribution in [3.05, 3.63) is 0 Å². The Labute approximate surface area is 162 Å². The zero-order chi connectivity index (χ0) is 19.1. The summed E-state index contributed by atoms with van der Waals surface area (Å²) in [7, 11) is 0. The molecule has 26 heavy (non-hydrogen) atoms. The lowest BCUT2D eigenvalue weighted by atomic mass is 9.90. The van der Waals surface area contributed by atoms with Gasteiger partial charge in [-0.25, -0.2) is 0 Å². The molecule has 1 aliphatic heterocycles. The minimum Gasteiger partial charge on any atom is -0.378 e. The molecule has 0 aliphatic carbocycles. The molecule has 2 atom stereocenters. The third-order valence-corrected chi connectivity index (χ3v) is 5.15. The Balaban J connectivity index is 2.60. The van der Waals surface area contributed by atoms with E-state index in [2.05, 4.69) is 27.7 Å². The zero-order valence-corrected chi connectivity index (χ0v) is 17.9. The normalized spacial score (nSPS) is 18.2. The summed E-state index contributed by atoms with van der Waals surface area (Å²) in [5.74, 6) is -0.213. The minimum atomic E-state index is -0.500. The smallest absolute Gasteiger partial charge is 0.172 e. The van der Waals surface area contributed by atoms with Gasteiger partial charge in [-0.05, 0) is 25.7 Å². The molecule has 0 aromatic heterocycles. The van der Waals surface area contributed by atoms with Crippen LogP contribution < -0.4 is 0 Å². The van der Waals surface area contributed by atoms with Crippen molar-refractivity contribution in [2.75, 3.05) is 33.0 Å². The quantitative estimate of drug-likeness (QED) is 0.165. The highest BCUT2D eigenvalue weighted by Gasteiger charge is 2.39. The van der Waals surface area contributed by atoms with E-state index in [1.54, 1.807) is 0 Å². The first-order valence-corrected chi connectivity index (χ1v) is 11.2. The summed E-state index contributed by atoms with van der Waals surface area (Å²) < 4.78 is 23.9. The molecule has 0 N–H and O–H groups in total. The number of rotatable bonds is 19. The standard InChI is InChI=1S/C22H44O4/c1-5-9-10-11-12-13-14-20(17-23-18-21-19-24-21)22(8-4,25-15-6-2)26-16-7-3/h20-21H,5-19H2,1-4H3. The van der Waals surface area contributed by atoms with Gasteiger partial charge in [-0.3, -0.25) is 0 Å². The fraction of sp³-hybridized carbons (Fsp3) is 1.00. The van der Waals surface area contributed by atoms with Crippen molar-refractivity contribution in [2.45, 2.75) is 104 Å². The minimum absolute atomic E-state index is 0.288. The van der Waals surface area contributed by atoms with Crippen LogP contribution in [0, 0.1) is 5.92 Å². The highest BCUT2D eigenvalue weighted by molar-refractivity contribution is 4.80. The Morgan fingerprint density at radius 1 is 0.885 bits per heavy atom. The monoisotopic (exact) mass is 372 g/mol. The zero-order valence-electron chi connectivity index (χ0n) is 17.9. The topological polar surface area (TPSA) is 40.2 Å². The van der Waals surface area contributed by atoms with Gasteiger partial charge in [0.15, 0.2) is 5.79 Å². The van der Waals surface area contributed by atoms with E-state index in [1.807, 2.05) is 0 Å². The van der Waals surface area contributed by atoms with Gasteiger partial charge >= 0.3 is 0 Å². The summed E-state index contributed by atoms with van der Waals surface area (Å²) in [5, 5.41) is 0. The molecule has 0 amide bonds. The van der Waals surface area contributed by atoms with E-state index in [9.17, 15) is 0 Å². The lowest BCUT2D eigenvalue weighted by Crippen LogP contribution is -2.46. The van der Waals surface area contributed by atoms with E-state index in [-0.39, 0.29) is 5.92 Å². The molecule has 2 unspecified atom stereocenters. The fourth-order valence-electron chi connectivity index (χ4n) is 3.43. The van der Waals surface area contributed by atoms with Crippen molar-refractivity contribution in [1.29, 1.82) is 0 Å². The first-order chi connectivity index (χ1) is 12.7. The van der Waals surface area contributed by atoms with Gasteiger partial charge < -0.3 is 18.9 Å². The molecule has 156 valence electrons. The number of ether oxygens (including phenoxy) is 4. The highest BCUT2D eigenvalue weighted by Crippen LogP contribution is 2.33. The molecular weight excluding hydrogens is 328 g/mol. The molecular formula is C22H44O4. The molecule has 0 bridgehead atoms.